The highest BCUT2D eigenvalue weighted by molar-refractivity contribution is 7.89. The molecule has 0 unspecified atom stereocenters. The van der Waals surface area contributed by atoms with Gasteiger partial charge in [-0.25, -0.2) is 8.42 Å². The Morgan fingerprint density at radius 3 is 2.57 bits per heavy atom. The second kappa shape index (κ2) is 6.61. The summed E-state index contributed by atoms with van der Waals surface area (Å²) in [6.07, 6.45) is 0.623. The molecule has 118 valence electrons. The molecule has 0 aromatic heterocycles. The molecule has 1 heterocycles. The van der Waals surface area contributed by atoms with Crippen LogP contribution in [0.25, 0.3) is 0 Å². The lowest BCUT2D eigenvalue weighted by atomic mass is 10.2. The third kappa shape index (κ3) is 3.46. The molecule has 21 heavy (non-hydrogen) atoms. The summed E-state index contributed by atoms with van der Waals surface area (Å²) >= 11 is 0. The number of hydrogen-bond acceptors (Lipinski definition) is 5. The zero-order chi connectivity index (χ0) is 14.9. The first kappa shape index (κ1) is 17.7. The molecule has 0 bridgehead atoms. The molecule has 1 aliphatic rings. The summed E-state index contributed by atoms with van der Waals surface area (Å²) in [6.45, 7) is 0.654. The summed E-state index contributed by atoms with van der Waals surface area (Å²) < 4.78 is 31.2. The molecule has 1 fully saturated rings. The fraction of sp³-hybridized carbons (Fsp3) is 0.417. The van der Waals surface area contributed by atoms with Gasteiger partial charge in [-0.05, 0) is 24.6 Å². The van der Waals surface area contributed by atoms with Crippen molar-refractivity contribution in [1.29, 1.82) is 0 Å². The molecule has 0 radical (unpaired) electrons. The highest BCUT2D eigenvalue weighted by Crippen LogP contribution is 2.26. The van der Waals surface area contributed by atoms with Crippen molar-refractivity contribution < 1.29 is 17.9 Å². The number of hydrogen-bond donors (Lipinski definition) is 2. The van der Waals surface area contributed by atoms with Crippen LogP contribution in [-0.4, -0.2) is 44.9 Å². The minimum atomic E-state index is -3.66. The molecule has 1 atom stereocenters. The van der Waals surface area contributed by atoms with Gasteiger partial charge in [0.1, 0.15) is 5.75 Å². The summed E-state index contributed by atoms with van der Waals surface area (Å²) in [5, 5.41) is 0. The molecule has 4 N–H and O–H groups in total. The first-order chi connectivity index (χ1) is 9.36. The lowest BCUT2D eigenvalue weighted by Gasteiger charge is -2.17. The summed E-state index contributed by atoms with van der Waals surface area (Å²) in [7, 11) is -2.28. The number of carbonyl (C=O) groups is 1. The number of primary amides is 1. The molecule has 1 aromatic rings. The Balaban J connectivity index is 0.00000220. The average Bonchev–Trinajstić information content (AvgIpc) is 2.85. The van der Waals surface area contributed by atoms with E-state index in [9.17, 15) is 13.2 Å². The molecule has 0 spiro atoms. The Labute approximate surface area is 129 Å². The van der Waals surface area contributed by atoms with Gasteiger partial charge in [-0.1, -0.05) is 0 Å². The van der Waals surface area contributed by atoms with Crippen LogP contribution in [0.4, 0.5) is 0 Å². The number of methoxy groups -OCH3 is 1. The zero-order valence-electron chi connectivity index (χ0n) is 11.5. The van der Waals surface area contributed by atoms with Crippen molar-refractivity contribution in [1.82, 2.24) is 4.31 Å². The number of halogens is 1. The van der Waals surface area contributed by atoms with Crippen LogP contribution in [0.2, 0.25) is 0 Å². The van der Waals surface area contributed by atoms with E-state index in [0.29, 0.717) is 13.0 Å². The van der Waals surface area contributed by atoms with Crippen LogP contribution >= 0.6 is 12.4 Å². The van der Waals surface area contributed by atoms with Crippen molar-refractivity contribution in [3.8, 4) is 5.75 Å². The minimum Gasteiger partial charge on any atom is -0.496 e. The standard InChI is InChI=1S/C12H17N3O4S.ClH/c1-19-11-3-2-9(6-10(11)12(14)16)20(17,18)15-5-4-8(13)7-15;/h2-3,6,8H,4-5,7,13H2,1H3,(H2,14,16);1H/t8-;/m1./s1. The number of nitrogens with two attached hydrogens (primary N) is 2. The molecular formula is C12H18ClN3O4S. The highest BCUT2D eigenvalue weighted by atomic mass is 35.5. The molecule has 7 nitrogen and oxygen atoms in total. The highest BCUT2D eigenvalue weighted by Gasteiger charge is 2.31. The summed E-state index contributed by atoms with van der Waals surface area (Å²) in [6, 6.07) is 3.90. The zero-order valence-corrected chi connectivity index (χ0v) is 13.1. The van der Waals surface area contributed by atoms with Crippen LogP contribution in [0.1, 0.15) is 16.8 Å². The van der Waals surface area contributed by atoms with Crippen molar-refractivity contribution >= 4 is 28.3 Å². The number of rotatable bonds is 4. The third-order valence-corrected chi connectivity index (χ3v) is 5.12. The minimum absolute atomic E-state index is 0. The molecule has 0 aliphatic carbocycles. The summed E-state index contributed by atoms with van der Waals surface area (Å²) in [5.41, 5.74) is 11.0. The Kier molecular flexibility index (Phi) is 5.57. The average molecular weight is 336 g/mol. The predicted octanol–water partition coefficient (Wildman–Crippen LogP) is -0.0624. The van der Waals surface area contributed by atoms with Gasteiger partial charge in [0.05, 0.1) is 17.6 Å². The number of amides is 1. The van der Waals surface area contributed by atoms with Gasteiger partial charge in [-0.15, -0.1) is 12.4 Å². The third-order valence-electron chi connectivity index (χ3n) is 3.26. The normalized spacial score (nSPS) is 19.0. The van der Waals surface area contributed by atoms with Crippen LogP contribution in [0.15, 0.2) is 23.1 Å². The van der Waals surface area contributed by atoms with Gasteiger partial charge in [-0.2, -0.15) is 4.31 Å². The Morgan fingerprint density at radius 1 is 1.43 bits per heavy atom. The largest absolute Gasteiger partial charge is 0.496 e. The van der Waals surface area contributed by atoms with Gasteiger partial charge in [0, 0.05) is 19.1 Å². The number of ether oxygens (including phenoxy) is 1. The van der Waals surface area contributed by atoms with Crippen molar-refractivity contribution in [3.05, 3.63) is 23.8 Å². The molecule has 9 heteroatoms. The van der Waals surface area contributed by atoms with Crippen molar-refractivity contribution in [3.63, 3.8) is 0 Å². The van der Waals surface area contributed by atoms with E-state index in [4.69, 9.17) is 16.2 Å². The van der Waals surface area contributed by atoms with Gasteiger partial charge in [0.15, 0.2) is 0 Å². The Bertz CT molecular complexity index is 635. The van der Waals surface area contributed by atoms with Crippen molar-refractivity contribution in [2.75, 3.05) is 20.2 Å². The number of benzene rings is 1. The SMILES string of the molecule is COc1ccc(S(=O)(=O)N2CC[C@@H](N)C2)cc1C(N)=O.Cl. The smallest absolute Gasteiger partial charge is 0.252 e. The second-order valence-corrected chi connectivity index (χ2v) is 6.58. The van der Waals surface area contributed by atoms with E-state index in [1.807, 2.05) is 0 Å². The first-order valence-corrected chi connectivity index (χ1v) is 7.54. The maximum absolute atomic E-state index is 12.4. The van der Waals surface area contributed by atoms with Crippen molar-refractivity contribution in [2.45, 2.75) is 17.4 Å². The first-order valence-electron chi connectivity index (χ1n) is 6.10. The monoisotopic (exact) mass is 335 g/mol. The molecule has 0 saturated carbocycles. The summed E-state index contributed by atoms with van der Waals surface area (Å²) in [5.74, 6) is -0.494. The van der Waals surface area contributed by atoms with Gasteiger partial charge in [-0.3, -0.25) is 4.79 Å². The lowest BCUT2D eigenvalue weighted by molar-refractivity contribution is 0.0997. The van der Waals surface area contributed by atoms with E-state index in [1.165, 1.54) is 29.6 Å². The molecule has 2 rings (SSSR count). The van der Waals surface area contributed by atoms with E-state index in [-0.39, 0.29) is 41.2 Å². The van der Waals surface area contributed by atoms with Crippen LogP contribution in [0, 0.1) is 0 Å². The number of nitrogens with zero attached hydrogens (tertiary/aromatic N) is 1. The predicted molar refractivity (Wildman–Crippen MR) is 80.1 cm³/mol. The second-order valence-electron chi connectivity index (χ2n) is 4.64. The Morgan fingerprint density at radius 2 is 2.10 bits per heavy atom. The van der Waals surface area contributed by atoms with Gasteiger partial charge in [0.2, 0.25) is 10.0 Å². The molecule has 1 saturated heterocycles. The van der Waals surface area contributed by atoms with Gasteiger partial charge >= 0.3 is 0 Å². The van der Waals surface area contributed by atoms with Gasteiger partial charge in [0.25, 0.3) is 5.91 Å². The van der Waals surface area contributed by atoms with E-state index < -0.39 is 15.9 Å². The van der Waals surface area contributed by atoms with E-state index in [0.717, 1.165) is 0 Å². The maximum atomic E-state index is 12.4. The maximum Gasteiger partial charge on any atom is 0.252 e. The van der Waals surface area contributed by atoms with Crippen LogP contribution < -0.4 is 16.2 Å². The molecule has 1 amide bonds. The quantitative estimate of drug-likeness (QED) is 0.799. The molecular weight excluding hydrogens is 318 g/mol. The Hall–Kier alpha value is -1.35. The van der Waals surface area contributed by atoms with Crippen LogP contribution in [0.3, 0.4) is 0 Å². The number of carbonyl (C=O) groups excluding carboxylic acids is 1. The topological polar surface area (TPSA) is 116 Å². The fourth-order valence-electron chi connectivity index (χ4n) is 2.16. The summed E-state index contributed by atoms with van der Waals surface area (Å²) in [4.78, 5) is 11.4. The van der Waals surface area contributed by atoms with Crippen LogP contribution in [-0.2, 0) is 10.0 Å². The molecule has 1 aromatic carbocycles. The lowest BCUT2D eigenvalue weighted by Crippen LogP contribution is -2.32. The number of sulfonamides is 1. The van der Waals surface area contributed by atoms with E-state index in [1.54, 1.807) is 0 Å². The van der Waals surface area contributed by atoms with Crippen molar-refractivity contribution in [2.24, 2.45) is 11.5 Å². The van der Waals surface area contributed by atoms with Crippen LogP contribution in [0.5, 0.6) is 5.75 Å². The van der Waals surface area contributed by atoms with Gasteiger partial charge < -0.3 is 16.2 Å². The molecule has 1 aliphatic heterocycles. The van der Waals surface area contributed by atoms with E-state index >= 15 is 0 Å². The van der Waals surface area contributed by atoms with E-state index in [2.05, 4.69) is 0 Å². The fourth-order valence-corrected chi connectivity index (χ4v) is 3.70.